The lowest BCUT2D eigenvalue weighted by atomic mass is 10.3. The molecule has 0 aliphatic heterocycles. The first-order chi connectivity index (χ1) is 9.28. The molecule has 0 amide bonds. The van der Waals surface area contributed by atoms with Gasteiger partial charge in [0.05, 0.1) is 25.5 Å². The van der Waals surface area contributed by atoms with Crippen LogP contribution in [0.15, 0.2) is 12.1 Å². The maximum Gasteiger partial charge on any atom is 0.122 e. The number of aromatic nitrogens is 1. The van der Waals surface area contributed by atoms with E-state index in [1.165, 1.54) is 25.7 Å². The SMILES string of the molecule is COc1cc(C)nc(CNCCOC2CCCC2)c1. The first-order valence-corrected chi connectivity index (χ1v) is 7.12. The molecule has 0 saturated heterocycles. The number of hydrogen-bond acceptors (Lipinski definition) is 4. The van der Waals surface area contributed by atoms with E-state index in [-0.39, 0.29) is 0 Å². The summed E-state index contributed by atoms with van der Waals surface area (Å²) in [5.74, 6) is 0.867. The molecule has 0 bridgehead atoms. The summed E-state index contributed by atoms with van der Waals surface area (Å²) in [5.41, 5.74) is 2.00. The van der Waals surface area contributed by atoms with E-state index in [2.05, 4.69) is 10.3 Å². The number of hydrogen-bond donors (Lipinski definition) is 1. The summed E-state index contributed by atoms with van der Waals surface area (Å²) in [7, 11) is 1.68. The predicted octanol–water partition coefficient (Wildman–Crippen LogP) is 2.45. The van der Waals surface area contributed by atoms with Crippen molar-refractivity contribution < 1.29 is 9.47 Å². The minimum absolute atomic E-state index is 0.499. The molecule has 0 atom stereocenters. The molecular formula is C15H24N2O2. The third-order valence-electron chi connectivity index (χ3n) is 3.46. The minimum atomic E-state index is 0.499. The second-order valence-electron chi connectivity index (χ2n) is 5.09. The van der Waals surface area contributed by atoms with Gasteiger partial charge in [-0.1, -0.05) is 12.8 Å². The van der Waals surface area contributed by atoms with Gasteiger partial charge in [0, 0.05) is 30.9 Å². The molecule has 1 heterocycles. The second kappa shape index (κ2) is 7.46. The van der Waals surface area contributed by atoms with Gasteiger partial charge in [-0.15, -0.1) is 0 Å². The molecular weight excluding hydrogens is 240 g/mol. The topological polar surface area (TPSA) is 43.4 Å². The van der Waals surface area contributed by atoms with Crippen LogP contribution in [0.25, 0.3) is 0 Å². The Morgan fingerprint density at radius 2 is 2.11 bits per heavy atom. The van der Waals surface area contributed by atoms with Crippen molar-refractivity contribution in [2.24, 2.45) is 0 Å². The molecule has 1 N–H and O–H groups in total. The standard InChI is InChI=1S/C15H24N2O2/c1-12-9-15(18-2)10-13(17-12)11-16-7-8-19-14-5-3-4-6-14/h9-10,14,16H,3-8,11H2,1-2H3. The van der Waals surface area contributed by atoms with Crippen molar-refractivity contribution in [2.75, 3.05) is 20.3 Å². The number of rotatable bonds is 7. The molecule has 1 aliphatic rings. The van der Waals surface area contributed by atoms with Crippen molar-refractivity contribution in [1.29, 1.82) is 0 Å². The Morgan fingerprint density at radius 1 is 1.32 bits per heavy atom. The van der Waals surface area contributed by atoms with Crippen molar-refractivity contribution >= 4 is 0 Å². The van der Waals surface area contributed by atoms with E-state index in [0.29, 0.717) is 6.10 Å². The van der Waals surface area contributed by atoms with Crippen LogP contribution < -0.4 is 10.1 Å². The summed E-state index contributed by atoms with van der Waals surface area (Å²) in [4.78, 5) is 4.47. The lowest BCUT2D eigenvalue weighted by molar-refractivity contribution is 0.0602. The monoisotopic (exact) mass is 264 g/mol. The zero-order valence-corrected chi connectivity index (χ0v) is 11.9. The molecule has 0 unspecified atom stereocenters. The molecule has 2 rings (SSSR count). The van der Waals surface area contributed by atoms with Gasteiger partial charge in [-0.3, -0.25) is 4.98 Å². The normalized spacial score (nSPS) is 15.9. The van der Waals surface area contributed by atoms with Gasteiger partial charge in [-0.25, -0.2) is 0 Å². The van der Waals surface area contributed by atoms with E-state index in [1.54, 1.807) is 7.11 Å². The molecule has 19 heavy (non-hydrogen) atoms. The maximum absolute atomic E-state index is 5.80. The summed E-state index contributed by atoms with van der Waals surface area (Å²) in [6, 6.07) is 3.91. The van der Waals surface area contributed by atoms with Crippen LogP contribution in [0.1, 0.15) is 37.1 Å². The van der Waals surface area contributed by atoms with E-state index in [4.69, 9.17) is 9.47 Å². The fourth-order valence-corrected chi connectivity index (χ4v) is 2.48. The molecule has 1 aromatic heterocycles. The van der Waals surface area contributed by atoms with E-state index in [9.17, 15) is 0 Å². The molecule has 0 radical (unpaired) electrons. The van der Waals surface area contributed by atoms with Gasteiger partial charge in [0.2, 0.25) is 0 Å². The zero-order valence-electron chi connectivity index (χ0n) is 11.9. The molecule has 1 saturated carbocycles. The van der Waals surface area contributed by atoms with Crippen LogP contribution in [0.3, 0.4) is 0 Å². The smallest absolute Gasteiger partial charge is 0.122 e. The largest absolute Gasteiger partial charge is 0.497 e. The van der Waals surface area contributed by atoms with Crippen molar-refractivity contribution in [2.45, 2.75) is 45.3 Å². The van der Waals surface area contributed by atoms with Gasteiger partial charge in [-0.05, 0) is 19.8 Å². The molecule has 4 nitrogen and oxygen atoms in total. The van der Waals surface area contributed by atoms with E-state index >= 15 is 0 Å². The highest BCUT2D eigenvalue weighted by atomic mass is 16.5. The first kappa shape index (κ1) is 14.3. The second-order valence-corrected chi connectivity index (χ2v) is 5.09. The molecule has 0 spiro atoms. The Bertz CT molecular complexity index is 390. The van der Waals surface area contributed by atoms with Crippen LogP contribution in [0, 0.1) is 6.92 Å². The van der Waals surface area contributed by atoms with Crippen LogP contribution in [0.5, 0.6) is 5.75 Å². The minimum Gasteiger partial charge on any atom is -0.497 e. The van der Waals surface area contributed by atoms with E-state index in [0.717, 1.165) is 36.8 Å². The summed E-state index contributed by atoms with van der Waals surface area (Å²) in [5, 5.41) is 3.36. The number of pyridine rings is 1. The number of methoxy groups -OCH3 is 1. The van der Waals surface area contributed by atoms with Gasteiger partial charge < -0.3 is 14.8 Å². The molecule has 0 aromatic carbocycles. The lowest BCUT2D eigenvalue weighted by Crippen LogP contribution is -2.22. The highest BCUT2D eigenvalue weighted by Crippen LogP contribution is 2.20. The van der Waals surface area contributed by atoms with Gasteiger partial charge in [0.1, 0.15) is 5.75 Å². The fraction of sp³-hybridized carbons (Fsp3) is 0.667. The Labute approximate surface area is 115 Å². The third kappa shape index (κ3) is 4.80. The maximum atomic E-state index is 5.80. The molecule has 1 fully saturated rings. The number of ether oxygens (including phenoxy) is 2. The van der Waals surface area contributed by atoms with Crippen LogP contribution >= 0.6 is 0 Å². The van der Waals surface area contributed by atoms with Gasteiger partial charge in [0.15, 0.2) is 0 Å². The van der Waals surface area contributed by atoms with Crippen molar-refractivity contribution in [3.05, 3.63) is 23.5 Å². The highest BCUT2D eigenvalue weighted by molar-refractivity contribution is 5.26. The quantitative estimate of drug-likeness (QED) is 0.768. The van der Waals surface area contributed by atoms with Crippen LogP contribution in [-0.4, -0.2) is 31.3 Å². The molecule has 106 valence electrons. The van der Waals surface area contributed by atoms with Gasteiger partial charge in [-0.2, -0.15) is 0 Å². The first-order valence-electron chi connectivity index (χ1n) is 7.12. The molecule has 1 aliphatic carbocycles. The van der Waals surface area contributed by atoms with Crippen molar-refractivity contribution in [3.8, 4) is 5.75 Å². The Morgan fingerprint density at radius 3 is 2.84 bits per heavy atom. The predicted molar refractivity (Wildman–Crippen MR) is 75.4 cm³/mol. The van der Waals surface area contributed by atoms with E-state index < -0.39 is 0 Å². The van der Waals surface area contributed by atoms with Crippen LogP contribution in [0.4, 0.5) is 0 Å². The average molecular weight is 264 g/mol. The summed E-state index contributed by atoms with van der Waals surface area (Å²) < 4.78 is 11.0. The number of aryl methyl sites for hydroxylation is 1. The lowest BCUT2D eigenvalue weighted by Gasteiger charge is -2.11. The van der Waals surface area contributed by atoms with Crippen molar-refractivity contribution in [3.63, 3.8) is 0 Å². The number of nitrogens with zero attached hydrogens (tertiary/aromatic N) is 1. The fourth-order valence-electron chi connectivity index (χ4n) is 2.48. The Balaban J connectivity index is 1.66. The Hall–Kier alpha value is -1.13. The Kier molecular flexibility index (Phi) is 5.61. The highest BCUT2D eigenvalue weighted by Gasteiger charge is 2.14. The van der Waals surface area contributed by atoms with Crippen LogP contribution in [-0.2, 0) is 11.3 Å². The third-order valence-corrected chi connectivity index (χ3v) is 3.46. The summed E-state index contributed by atoms with van der Waals surface area (Å²) in [6.45, 7) is 4.39. The zero-order chi connectivity index (χ0) is 13.5. The van der Waals surface area contributed by atoms with Crippen LogP contribution in [0.2, 0.25) is 0 Å². The molecule has 4 heteroatoms. The summed E-state index contributed by atoms with van der Waals surface area (Å²) >= 11 is 0. The van der Waals surface area contributed by atoms with Crippen molar-refractivity contribution in [1.82, 2.24) is 10.3 Å². The molecule has 1 aromatic rings. The van der Waals surface area contributed by atoms with Gasteiger partial charge in [0.25, 0.3) is 0 Å². The summed E-state index contributed by atoms with van der Waals surface area (Å²) in [6.07, 6.45) is 5.61. The average Bonchev–Trinajstić information content (AvgIpc) is 2.91. The van der Waals surface area contributed by atoms with E-state index in [1.807, 2.05) is 19.1 Å². The van der Waals surface area contributed by atoms with Gasteiger partial charge >= 0.3 is 0 Å². The number of nitrogens with one attached hydrogen (secondary N) is 1.